The van der Waals surface area contributed by atoms with Crippen molar-refractivity contribution in [1.29, 1.82) is 0 Å². The van der Waals surface area contributed by atoms with Crippen molar-refractivity contribution >= 4 is 22.1 Å². The number of imidazole rings is 1. The highest BCUT2D eigenvalue weighted by atomic mass is 32.1. The van der Waals surface area contributed by atoms with Crippen molar-refractivity contribution in [3.63, 3.8) is 0 Å². The van der Waals surface area contributed by atoms with Gasteiger partial charge in [-0.2, -0.15) is 0 Å². The number of nitrogen functional groups attached to an aromatic ring is 1. The molecule has 0 amide bonds. The quantitative estimate of drug-likeness (QED) is 0.719. The molecule has 0 spiro atoms. The van der Waals surface area contributed by atoms with E-state index in [1.54, 1.807) is 11.3 Å². The molecule has 0 atom stereocenters. The van der Waals surface area contributed by atoms with Crippen LogP contribution in [0.4, 0.5) is 5.82 Å². The number of aryl methyl sites for hydroxylation is 3. The lowest BCUT2D eigenvalue weighted by atomic mass is 10.0. The predicted octanol–water partition coefficient (Wildman–Crippen LogP) is 2.17. The van der Waals surface area contributed by atoms with Crippen LogP contribution in [0.2, 0.25) is 0 Å². The summed E-state index contributed by atoms with van der Waals surface area (Å²) >= 11 is 1.81. The molecule has 2 aromatic rings. The summed E-state index contributed by atoms with van der Waals surface area (Å²) < 4.78 is 2.15. The van der Waals surface area contributed by atoms with E-state index in [0.29, 0.717) is 0 Å². The Morgan fingerprint density at radius 1 is 1.36 bits per heavy atom. The highest BCUT2D eigenvalue weighted by Crippen LogP contribution is 2.32. The Hall–Kier alpha value is -1.03. The molecular weight excluding hydrogens is 194 g/mol. The van der Waals surface area contributed by atoms with Crippen molar-refractivity contribution in [3.8, 4) is 0 Å². The van der Waals surface area contributed by atoms with E-state index in [4.69, 9.17) is 5.73 Å². The van der Waals surface area contributed by atoms with E-state index >= 15 is 0 Å². The fourth-order valence-electron chi connectivity index (χ4n) is 2.16. The minimum atomic E-state index is 0.833. The number of thiazole rings is 1. The van der Waals surface area contributed by atoms with Crippen molar-refractivity contribution in [2.24, 2.45) is 0 Å². The van der Waals surface area contributed by atoms with Gasteiger partial charge in [0.05, 0.1) is 5.69 Å². The second kappa shape index (κ2) is 2.73. The van der Waals surface area contributed by atoms with Gasteiger partial charge in [-0.15, -0.1) is 11.3 Å². The molecule has 0 fully saturated rings. The van der Waals surface area contributed by atoms with E-state index in [2.05, 4.69) is 9.38 Å². The lowest BCUT2D eigenvalue weighted by Gasteiger charge is -2.10. The van der Waals surface area contributed by atoms with E-state index in [1.165, 1.54) is 29.8 Å². The minimum absolute atomic E-state index is 0.833. The number of rotatable bonds is 0. The molecule has 0 radical (unpaired) electrons. The van der Waals surface area contributed by atoms with Crippen LogP contribution >= 0.6 is 11.3 Å². The summed E-state index contributed by atoms with van der Waals surface area (Å²) in [5, 5.41) is 0. The Morgan fingerprint density at radius 3 is 3.00 bits per heavy atom. The smallest absolute Gasteiger partial charge is 0.196 e. The molecule has 1 aliphatic rings. The van der Waals surface area contributed by atoms with Crippen LogP contribution in [0.15, 0.2) is 0 Å². The van der Waals surface area contributed by atoms with Gasteiger partial charge in [-0.25, -0.2) is 4.98 Å². The third kappa shape index (κ3) is 0.945. The maximum Gasteiger partial charge on any atom is 0.196 e. The fourth-order valence-corrected chi connectivity index (χ4v) is 3.42. The second-order valence-electron chi connectivity index (χ2n) is 3.88. The number of hydrogen-bond donors (Lipinski definition) is 1. The van der Waals surface area contributed by atoms with Crippen LogP contribution in [-0.4, -0.2) is 9.38 Å². The largest absolute Gasteiger partial charge is 0.383 e. The summed E-state index contributed by atoms with van der Waals surface area (Å²) in [4.78, 5) is 7.04. The van der Waals surface area contributed by atoms with E-state index < -0.39 is 0 Å². The molecule has 0 saturated heterocycles. The van der Waals surface area contributed by atoms with Crippen LogP contribution in [0.5, 0.6) is 0 Å². The molecule has 0 aromatic carbocycles. The van der Waals surface area contributed by atoms with Crippen LogP contribution in [0.25, 0.3) is 4.96 Å². The molecule has 74 valence electrons. The molecule has 2 aromatic heterocycles. The Balaban J connectivity index is 2.36. The topological polar surface area (TPSA) is 43.3 Å². The first-order chi connectivity index (χ1) is 6.77. The molecule has 3 rings (SSSR count). The van der Waals surface area contributed by atoms with Crippen LogP contribution in [0.3, 0.4) is 0 Å². The van der Waals surface area contributed by atoms with Gasteiger partial charge in [0.2, 0.25) is 0 Å². The van der Waals surface area contributed by atoms with Crippen molar-refractivity contribution in [2.75, 3.05) is 5.73 Å². The van der Waals surface area contributed by atoms with Gasteiger partial charge in [-0.05, 0) is 32.6 Å². The van der Waals surface area contributed by atoms with E-state index in [-0.39, 0.29) is 0 Å². The maximum atomic E-state index is 6.01. The number of aromatic nitrogens is 2. The lowest BCUT2D eigenvalue weighted by Crippen LogP contribution is -2.04. The van der Waals surface area contributed by atoms with Crippen LogP contribution in [0.1, 0.15) is 29.1 Å². The van der Waals surface area contributed by atoms with E-state index in [0.717, 1.165) is 22.9 Å². The monoisotopic (exact) mass is 207 g/mol. The van der Waals surface area contributed by atoms with Crippen molar-refractivity contribution in [2.45, 2.75) is 32.6 Å². The summed E-state index contributed by atoms with van der Waals surface area (Å²) in [5.74, 6) is 0.833. The van der Waals surface area contributed by atoms with Gasteiger partial charge in [0.1, 0.15) is 5.82 Å². The number of anilines is 1. The SMILES string of the molecule is Cc1nc2sc3c(n2c1N)CCCC3. The molecule has 1 aliphatic carbocycles. The number of hydrogen-bond acceptors (Lipinski definition) is 3. The van der Waals surface area contributed by atoms with Gasteiger partial charge in [-0.3, -0.25) is 4.40 Å². The maximum absolute atomic E-state index is 6.01. The summed E-state index contributed by atoms with van der Waals surface area (Å²) in [6.07, 6.45) is 4.97. The minimum Gasteiger partial charge on any atom is -0.383 e. The molecule has 4 heteroatoms. The summed E-state index contributed by atoms with van der Waals surface area (Å²) in [7, 11) is 0. The van der Waals surface area contributed by atoms with Crippen LogP contribution in [0, 0.1) is 6.92 Å². The number of nitrogens with two attached hydrogens (primary N) is 1. The van der Waals surface area contributed by atoms with Gasteiger partial charge < -0.3 is 5.73 Å². The average Bonchev–Trinajstić information content (AvgIpc) is 2.65. The van der Waals surface area contributed by atoms with Gasteiger partial charge in [0.15, 0.2) is 4.96 Å². The van der Waals surface area contributed by atoms with E-state index in [1.807, 2.05) is 6.92 Å². The Morgan fingerprint density at radius 2 is 2.14 bits per heavy atom. The summed E-state index contributed by atoms with van der Waals surface area (Å²) in [6.45, 7) is 1.98. The van der Waals surface area contributed by atoms with Crippen molar-refractivity contribution in [1.82, 2.24) is 9.38 Å². The average molecular weight is 207 g/mol. The predicted molar refractivity (Wildman–Crippen MR) is 58.9 cm³/mol. The summed E-state index contributed by atoms with van der Waals surface area (Å²) in [5.41, 5.74) is 8.39. The number of fused-ring (bicyclic) bond motifs is 3. The second-order valence-corrected chi connectivity index (χ2v) is 4.94. The van der Waals surface area contributed by atoms with Gasteiger partial charge >= 0.3 is 0 Å². The standard InChI is InChI=1S/C10H13N3S/c1-6-9(11)13-7-4-2-3-5-8(7)14-10(13)12-6/h2-5,11H2,1H3. The Bertz CT molecular complexity index is 495. The van der Waals surface area contributed by atoms with Gasteiger partial charge in [0.25, 0.3) is 0 Å². The van der Waals surface area contributed by atoms with Crippen molar-refractivity contribution < 1.29 is 0 Å². The molecule has 3 nitrogen and oxygen atoms in total. The Kier molecular flexibility index (Phi) is 1.62. The van der Waals surface area contributed by atoms with Crippen LogP contribution in [-0.2, 0) is 12.8 Å². The highest BCUT2D eigenvalue weighted by molar-refractivity contribution is 7.17. The lowest BCUT2D eigenvalue weighted by molar-refractivity contribution is 0.675. The number of nitrogens with zero attached hydrogens (tertiary/aromatic N) is 2. The molecule has 0 bridgehead atoms. The zero-order chi connectivity index (χ0) is 9.71. The van der Waals surface area contributed by atoms with Gasteiger partial charge in [0, 0.05) is 10.6 Å². The first-order valence-electron chi connectivity index (χ1n) is 5.02. The molecule has 0 saturated carbocycles. The third-order valence-corrected chi connectivity index (χ3v) is 4.08. The third-order valence-electron chi connectivity index (χ3n) is 2.94. The van der Waals surface area contributed by atoms with Gasteiger partial charge in [-0.1, -0.05) is 0 Å². The highest BCUT2D eigenvalue weighted by Gasteiger charge is 2.19. The first-order valence-corrected chi connectivity index (χ1v) is 5.84. The molecule has 14 heavy (non-hydrogen) atoms. The van der Waals surface area contributed by atoms with E-state index in [9.17, 15) is 0 Å². The molecule has 2 N–H and O–H groups in total. The fraction of sp³-hybridized carbons (Fsp3) is 0.500. The zero-order valence-corrected chi connectivity index (χ0v) is 9.02. The molecule has 0 unspecified atom stereocenters. The molecule has 0 aliphatic heterocycles. The molecule has 2 heterocycles. The van der Waals surface area contributed by atoms with Crippen molar-refractivity contribution in [3.05, 3.63) is 16.3 Å². The first kappa shape index (κ1) is 8.29. The van der Waals surface area contributed by atoms with Crippen LogP contribution < -0.4 is 5.73 Å². The molecular formula is C10H13N3S. The zero-order valence-electron chi connectivity index (χ0n) is 8.21. The Labute approximate surface area is 86.6 Å². The normalized spacial score (nSPS) is 16.1. The summed E-state index contributed by atoms with van der Waals surface area (Å²) in [6, 6.07) is 0.